The molecule has 0 aromatic heterocycles. The van der Waals surface area contributed by atoms with Gasteiger partial charge in [-0.25, -0.2) is 0 Å². The van der Waals surface area contributed by atoms with Gasteiger partial charge in [0.25, 0.3) is 0 Å². The van der Waals surface area contributed by atoms with Crippen molar-refractivity contribution < 1.29 is 9.59 Å². The maximum absolute atomic E-state index is 13.0. The van der Waals surface area contributed by atoms with E-state index >= 15 is 0 Å². The maximum Gasteiger partial charge on any atom is 0.228 e. The second kappa shape index (κ2) is 9.72. The van der Waals surface area contributed by atoms with Gasteiger partial charge in [-0.1, -0.05) is 72.8 Å². The lowest BCUT2D eigenvalue weighted by atomic mass is 10.1. The summed E-state index contributed by atoms with van der Waals surface area (Å²) in [4.78, 5) is 31.5. The van der Waals surface area contributed by atoms with Gasteiger partial charge in [-0.2, -0.15) is 0 Å². The van der Waals surface area contributed by atoms with Crippen molar-refractivity contribution in [2.45, 2.75) is 13.0 Å². The highest BCUT2D eigenvalue weighted by Crippen LogP contribution is 2.23. The Kier molecular flexibility index (Phi) is 6.60. The van der Waals surface area contributed by atoms with Crippen LogP contribution in [0.25, 0.3) is 6.08 Å². The number of benzene rings is 2. The Hall–Kier alpha value is -2.92. The number of rotatable bonds is 6. The van der Waals surface area contributed by atoms with Crippen molar-refractivity contribution in [2.24, 2.45) is 5.92 Å². The molecule has 2 saturated heterocycles. The van der Waals surface area contributed by atoms with Crippen LogP contribution in [0.2, 0.25) is 0 Å². The van der Waals surface area contributed by atoms with Crippen molar-refractivity contribution in [1.82, 2.24) is 14.7 Å². The second-order valence-electron chi connectivity index (χ2n) is 8.10. The van der Waals surface area contributed by atoms with Gasteiger partial charge in [0.05, 0.1) is 5.92 Å². The molecule has 4 rings (SSSR count). The summed E-state index contributed by atoms with van der Waals surface area (Å²) in [5.74, 6) is 0.0195. The summed E-state index contributed by atoms with van der Waals surface area (Å²) < 4.78 is 0. The Labute approximate surface area is 178 Å². The summed E-state index contributed by atoms with van der Waals surface area (Å²) >= 11 is 0. The standard InChI is InChI=1S/C25H29N3O2/c29-24-18-23(20-28(24)19-22-10-5-2-6-11-22)25(30)27-16-14-26(15-17-27)13-7-12-21-8-3-1-4-9-21/h1-12,23H,13-20H2/b12-7+/t23-/m0/s1. The van der Waals surface area contributed by atoms with E-state index in [1.807, 2.05) is 58.3 Å². The normalized spacial score (nSPS) is 20.3. The zero-order valence-electron chi connectivity index (χ0n) is 17.3. The summed E-state index contributed by atoms with van der Waals surface area (Å²) in [6.07, 6.45) is 4.67. The van der Waals surface area contributed by atoms with Gasteiger partial charge in [0.2, 0.25) is 11.8 Å². The third-order valence-electron chi connectivity index (χ3n) is 5.94. The lowest BCUT2D eigenvalue weighted by molar-refractivity contribution is -0.137. The molecule has 5 nitrogen and oxygen atoms in total. The molecule has 30 heavy (non-hydrogen) atoms. The minimum absolute atomic E-state index is 0.0851. The molecule has 0 spiro atoms. The van der Waals surface area contributed by atoms with Crippen LogP contribution >= 0.6 is 0 Å². The largest absolute Gasteiger partial charge is 0.340 e. The fraction of sp³-hybridized carbons (Fsp3) is 0.360. The predicted octanol–water partition coefficient (Wildman–Crippen LogP) is 2.89. The van der Waals surface area contributed by atoms with Crippen molar-refractivity contribution in [1.29, 1.82) is 0 Å². The van der Waals surface area contributed by atoms with Crippen molar-refractivity contribution in [3.8, 4) is 0 Å². The third kappa shape index (κ3) is 5.16. The average molecular weight is 404 g/mol. The highest BCUT2D eigenvalue weighted by Gasteiger charge is 2.37. The number of nitrogens with zero attached hydrogens (tertiary/aromatic N) is 3. The fourth-order valence-electron chi connectivity index (χ4n) is 4.21. The van der Waals surface area contributed by atoms with Crippen LogP contribution in [0.4, 0.5) is 0 Å². The van der Waals surface area contributed by atoms with Gasteiger partial charge >= 0.3 is 0 Å². The molecule has 0 saturated carbocycles. The van der Waals surface area contributed by atoms with Gasteiger partial charge in [0.15, 0.2) is 0 Å². The number of carbonyl (C=O) groups excluding carboxylic acids is 2. The molecule has 0 unspecified atom stereocenters. The first-order valence-corrected chi connectivity index (χ1v) is 10.7. The van der Waals surface area contributed by atoms with E-state index in [0.717, 1.165) is 38.3 Å². The Bertz CT molecular complexity index is 874. The molecule has 2 fully saturated rings. The highest BCUT2D eigenvalue weighted by atomic mass is 16.2. The number of amides is 2. The molecular weight excluding hydrogens is 374 g/mol. The van der Waals surface area contributed by atoms with Crippen LogP contribution in [0.5, 0.6) is 0 Å². The summed E-state index contributed by atoms with van der Waals surface area (Å²) in [5, 5.41) is 0. The van der Waals surface area contributed by atoms with Crippen LogP contribution in [0.15, 0.2) is 66.7 Å². The van der Waals surface area contributed by atoms with Crippen molar-refractivity contribution >= 4 is 17.9 Å². The topological polar surface area (TPSA) is 43.9 Å². The Morgan fingerprint density at radius 3 is 2.30 bits per heavy atom. The molecule has 2 aromatic carbocycles. The molecule has 2 aliphatic heterocycles. The van der Waals surface area contributed by atoms with E-state index < -0.39 is 0 Å². The third-order valence-corrected chi connectivity index (χ3v) is 5.94. The SMILES string of the molecule is O=C1C[C@H](C(=O)N2CCN(C/C=C/c3ccccc3)CC2)CN1Cc1ccccc1. The van der Waals surface area contributed by atoms with Crippen molar-refractivity contribution in [2.75, 3.05) is 39.3 Å². The molecule has 0 aliphatic carbocycles. The molecule has 0 N–H and O–H groups in total. The minimum Gasteiger partial charge on any atom is -0.340 e. The zero-order valence-corrected chi connectivity index (χ0v) is 17.3. The Morgan fingerprint density at radius 1 is 0.933 bits per heavy atom. The molecule has 1 atom stereocenters. The number of piperazine rings is 1. The second-order valence-corrected chi connectivity index (χ2v) is 8.10. The maximum atomic E-state index is 13.0. The number of likely N-dealkylation sites (tertiary alicyclic amines) is 1. The molecule has 2 heterocycles. The van der Waals surface area contributed by atoms with E-state index in [2.05, 4.69) is 29.2 Å². The molecule has 0 bridgehead atoms. The van der Waals surface area contributed by atoms with Gasteiger partial charge in [-0.3, -0.25) is 14.5 Å². The van der Waals surface area contributed by atoms with E-state index in [4.69, 9.17) is 0 Å². The molecule has 2 amide bonds. The quantitative estimate of drug-likeness (QED) is 0.745. The van der Waals surface area contributed by atoms with Crippen LogP contribution in [0, 0.1) is 5.92 Å². The summed E-state index contributed by atoms with van der Waals surface area (Å²) in [6.45, 7) is 5.24. The fourth-order valence-corrected chi connectivity index (χ4v) is 4.21. The van der Waals surface area contributed by atoms with E-state index in [9.17, 15) is 9.59 Å². The summed E-state index contributed by atoms with van der Waals surface area (Å²) in [7, 11) is 0. The summed E-state index contributed by atoms with van der Waals surface area (Å²) in [5.41, 5.74) is 2.31. The van der Waals surface area contributed by atoms with Gasteiger partial charge in [0, 0.05) is 52.2 Å². The van der Waals surface area contributed by atoms with E-state index in [1.54, 1.807) is 0 Å². The lowest BCUT2D eigenvalue weighted by Crippen LogP contribution is -2.50. The smallest absolute Gasteiger partial charge is 0.228 e. The zero-order chi connectivity index (χ0) is 20.8. The van der Waals surface area contributed by atoms with Crippen molar-refractivity contribution in [3.63, 3.8) is 0 Å². The van der Waals surface area contributed by atoms with Crippen LogP contribution in [-0.2, 0) is 16.1 Å². The predicted molar refractivity (Wildman–Crippen MR) is 118 cm³/mol. The van der Waals surface area contributed by atoms with Crippen LogP contribution in [0.3, 0.4) is 0 Å². The Morgan fingerprint density at radius 2 is 1.60 bits per heavy atom. The number of hydrogen-bond acceptors (Lipinski definition) is 3. The first kappa shape index (κ1) is 20.4. The molecule has 2 aromatic rings. The molecule has 5 heteroatoms. The number of hydrogen-bond donors (Lipinski definition) is 0. The first-order chi connectivity index (χ1) is 14.7. The summed E-state index contributed by atoms with van der Waals surface area (Å²) in [6, 6.07) is 20.3. The monoisotopic (exact) mass is 403 g/mol. The van der Waals surface area contributed by atoms with Gasteiger partial charge in [-0.15, -0.1) is 0 Å². The molecule has 0 radical (unpaired) electrons. The van der Waals surface area contributed by atoms with E-state index in [1.165, 1.54) is 5.56 Å². The first-order valence-electron chi connectivity index (χ1n) is 10.7. The van der Waals surface area contributed by atoms with Crippen LogP contribution in [0.1, 0.15) is 17.5 Å². The average Bonchev–Trinajstić information content (AvgIpc) is 3.15. The molecular formula is C25H29N3O2. The van der Waals surface area contributed by atoms with Gasteiger partial charge in [0.1, 0.15) is 0 Å². The molecule has 156 valence electrons. The minimum atomic E-state index is -0.203. The van der Waals surface area contributed by atoms with E-state index in [-0.39, 0.29) is 17.7 Å². The van der Waals surface area contributed by atoms with E-state index in [0.29, 0.717) is 19.5 Å². The van der Waals surface area contributed by atoms with Gasteiger partial charge in [-0.05, 0) is 11.1 Å². The highest BCUT2D eigenvalue weighted by molar-refractivity contribution is 5.89. The van der Waals surface area contributed by atoms with Crippen LogP contribution in [-0.4, -0.2) is 65.8 Å². The van der Waals surface area contributed by atoms with Gasteiger partial charge < -0.3 is 9.80 Å². The van der Waals surface area contributed by atoms with Crippen molar-refractivity contribution in [3.05, 3.63) is 77.9 Å². The molecule has 2 aliphatic rings. The van der Waals surface area contributed by atoms with Crippen LogP contribution < -0.4 is 0 Å². The lowest BCUT2D eigenvalue weighted by Gasteiger charge is -2.35. The number of carbonyl (C=O) groups is 2. The Balaban J connectivity index is 1.23.